The maximum Gasteiger partial charge on any atom is 0.275 e. The summed E-state index contributed by atoms with van der Waals surface area (Å²) in [6.45, 7) is 5.46. The van der Waals surface area contributed by atoms with Crippen LogP contribution >= 0.6 is 0 Å². The van der Waals surface area contributed by atoms with Gasteiger partial charge in [0.25, 0.3) is 5.69 Å². The quantitative estimate of drug-likeness (QED) is 0.650. The fraction of sp³-hybridized carbons (Fsp3) is 0.500. The molecule has 1 atom stereocenters. The molecule has 0 fully saturated rings. The first-order chi connectivity index (χ1) is 7.77. The van der Waals surface area contributed by atoms with Crippen molar-refractivity contribution in [3.05, 3.63) is 33.9 Å². The Morgan fingerprint density at radius 3 is 2.41 bits per heavy atom. The first-order valence-electron chi connectivity index (χ1n) is 5.27. The van der Waals surface area contributed by atoms with Crippen molar-refractivity contribution in [1.29, 1.82) is 0 Å². The number of rotatable bonds is 3. The Kier molecular flexibility index (Phi) is 3.72. The predicted octanol–water partition coefficient (Wildman–Crippen LogP) is 2.68. The zero-order chi connectivity index (χ0) is 13.2. The predicted molar refractivity (Wildman–Crippen MR) is 64.1 cm³/mol. The molecule has 0 aliphatic heterocycles. The van der Waals surface area contributed by atoms with Gasteiger partial charge in [0.05, 0.1) is 23.7 Å². The SMILES string of the molecule is COc1ccc([N+](=O)[O-])c([C@H](O)C(C)(C)C)c1. The molecule has 0 saturated heterocycles. The summed E-state index contributed by atoms with van der Waals surface area (Å²) in [4.78, 5) is 10.4. The molecule has 0 unspecified atom stereocenters. The van der Waals surface area contributed by atoms with Gasteiger partial charge < -0.3 is 9.84 Å². The summed E-state index contributed by atoms with van der Waals surface area (Å²) in [7, 11) is 1.48. The fourth-order valence-electron chi connectivity index (χ4n) is 1.51. The lowest BCUT2D eigenvalue weighted by Gasteiger charge is -2.26. The number of methoxy groups -OCH3 is 1. The van der Waals surface area contributed by atoms with Gasteiger partial charge >= 0.3 is 0 Å². The van der Waals surface area contributed by atoms with E-state index in [2.05, 4.69) is 0 Å². The number of nitrogens with zero attached hydrogens (tertiary/aromatic N) is 1. The highest BCUT2D eigenvalue weighted by atomic mass is 16.6. The number of hydrogen-bond donors (Lipinski definition) is 1. The van der Waals surface area contributed by atoms with Crippen molar-refractivity contribution in [3.8, 4) is 5.75 Å². The van der Waals surface area contributed by atoms with E-state index in [4.69, 9.17) is 4.74 Å². The Labute approximate surface area is 100 Å². The molecule has 1 aromatic rings. The van der Waals surface area contributed by atoms with E-state index in [0.717, 1.165) is 0 Å². The smallest absolute Gasteiger partial charge is 0.275 e. The van der Waals surface area contributed by atoms with Gasteiger partial charge in [-0.25, -0.2) is 0 Å². The van der Waals surface area contributed by atoms with Gasteiger partial charge in [0.15, 0.2) is 0 Å². The van der Waals surface area contributed by atoms with E-state index in [9.17, 15) is 15.2 Å². The molecule has 0 amide bonds. The molecule has 1 rings (SSSR count). The van der Waals surface area contributed by atoms with Crippen LogP contribution in [0.2, 0.25) is 0 Å². The lowest BCUT2D eigenvalue weighted by Crippen LogP contribution is -2.19. The standard InChI is InChI=1S/C12H17NO4/c1-12(2,3)11(14)9-7-8(17-4)5-6-10(9)13(15)16/h5-7,11,14H,1-4H3/t11-/m0/s1. The first kappa shape index (κ1) is 13.4. The summed E-state index contributed by atoms with van der Waals surface area (Å²) >= 11 is 0. The molecule has 1 aromatic carbocycles. The van der Waals surface area contributed by atoms with Crippen LogP contribution in [-0.4, -0.2) is 17.1 Å². The van der Waals surface area contributed by atoms with Gasteiger partial charge in [-0.3, -0.25) is 10.1 Å². The molecule has 0 aliphatic rings. The van der Waals surface area contributed by atoms with Crippen molar-refractivity contribution in [1.82, 2.24) is 0 Å². The van der Waals surface area contributed by atoms with Crippen LogP contribution in [0.25, 0.3) is 0 Å². The third kappa shape index (κ3) is 2.94. The maximum absolute atomic E-state index is 10.9. The zero-order valence-corrected chi connectivity index (χ0v) is 10.4. The normalized spacial score (nSPS) is 13.2. The fourth-order valence-corrected chi connectivity index (χ4v) is 1.51. The van der Waals surface area contributed by atoms with Crippen LogP contribution < -0.4 is 4.74 Å². The van der Waals surface area contributed by atoms with Crippen molar-refractivity contribution in [2.24, 2.45) is 5.41 Å². The number of ether oxygens (including phenoxy) is 1. The van der Waals surface area contributed by atoms with Crippen LogP contribution in [0.5, 0.6) is 5.75 Å². The van der Waals surface area contributed by atoms with Crippen molar-refractivity contribution < 1.29 is 14.8 Å². The lowest BCUT2D eigenvalue weighted by atomic mass is 9.84. The maximum atomic E-state index is 10.9. The van der Waals surface area contributed by atoms with E-state index in [1.54, 1.807) is 0 Å². The lowest BCUT2D eigenvalue weighted by molar-refractivity contribution is -0.386. The van der Waals surface area contributed by atoms with E-state index in [-0.39, 0.29) is 11.3 Å². The van der Waals surface area contributed by atoms with E-state index in [0.29, 0.717) is 5.75 Å². The Hall–Kier alpha value is -1.62. The van der Waals surface area contributed by atoms with Gasteiger partial charge in [-0.2, -0.15) is 0 Å². The molecule has 94 valence electrons. The summed E-state index contributed by atoms with van der Waals surface area (Å²) in [6.07, 6.45) is -0.919. The number of benzene rings is 1. The highest BCUT2D eigenvalue weighted by molar-refractivity contribution is 5.47. The van der Waals surface area contributed by atoms with Crippen molar-refractivity contribution in [2.45, 2.75) is 26.9 Å². The monoisotopic (exact) mass is 239 g/mol. The minimum atomic E-state index is -0.919. The van der Waals surface area contributed by atoms with Gasteiger partial charge in [0, 0.05) is 6.07 Å². The van der Waals surface area contributed by atoms with E-state index in [1.165, 1.54) is 25.3 Å². The average molecular weight is 239 g/mol. The molecule has 5 nitrogen and oxygen atoms in total. The largest absolute Gasteiger partial charge is 0.497 e. The first-order valence-corrected chi connectivity index (χ1v) is 5.27. The molecule has 0 heterocycles. The molecule has 1 N–H and O–H groups in total. The number of nitro benzene ring substituents is 1. The van der Waals surface area contributed by atoms with Gasteiger partial charge in [0.1, 0.15) is 5.75 Å². The molecule has 17 heavy (non-hydrogen) atoms. The van der Waals surface area contributed by atoms with E-state index in [1.807, 2.05) is 20.8 Å². The van der Waals surface area contributed by atoms with Crippen molar-refractivity contribution >= 4 is 5.69 Å². The number of nitro groups is 1. The average Bonchev–Trinajstić information content (AvgIpc) is 2.25. The molecular formula is C12H17NO4. The Bertz CT molecular complexity index is 423. The van der Waals surface area contributed by atoms with Gasteiger partial charge in [-0.1, -0.05) is 20.8 Å². The topological polar surface area (TPSA) is 72.6 Å². The summed E-state index contributed by atoms with van der Waals surface area (Å²) < 4.78 is 5.02. The summed E-state index contributed by atoms with van der Waals surface area (Å²) in [5.41, 5.74) is -0.285. The molecule has 0 radical (unpaired) electrons. The van der Waals surface area contributed by atoms with Crippen LogP contribution in [-0.2, 0) is 0 Å². The van der Waals surface area contributed by atoms with Crippen molar-refractivity contribution in [3.63, 3.8) is 0 Å². The van der Waals surface area contributed by atoms with Crippen molar-refractivity contribution in [2.75, 3.05) is 7.11 Å². The van der Waals surface area contributed by atoms with Crippen LogP contribution in [0.15, 0.2) is 18.2 Å². The van der Waals surface area contributed by atoms with Crippen LogP contribution in [0.1, 0.15) is 32.4 Å². The summed E-state index contributed by atoms with van der Waals surface area (Å²) in [5, 5.41) is 21.1. The van der Waals surface area contributed by atoms with E-state index < -0.39 is 16.4 Å². The van der Waals surface area contributed by atoms with Crippen LogP contribution in [0.4, 0.5) is 5.69 Å². The second kappa shape index (κ2) is 4.71. The molecule has 0 spiro atoms. The molecule has 0 bridgehead atoms. The van der Waals surface area contributed by atoms with Gasteiger partial charge in [0.2, 0.25) is 0 Å². The summed E-state index contributed by atoms with van der Waals surface area (Å²) in [6, 6.07) is 4.37. The molecule has 0 saturated carbocycles. The van der Waals surface area contributed by atoms with Gasteiger partial charge in [-0.05, 0) is 17.5 Å². The third-order valence-electron chi connectivity index (χ3n) is 2.55. The summed E-state index contributed by atoms with van der Waals surface area (Å²) in [5.74, 6) is 0.494. The number of aliphatic hydroxyl groups excluding tert-OH is 1. The Morgan fingerprint density at radius 1 is 1.41 bits per heavy atom. The van der Waals surface area contributed by atoms with Gasteiger partial charge in [-0.15, -0.1) is 0 Å². The van der Waals surface area contributed by atoms with Crippen LogP contribution in [0, 0.1) is 15.5 Å². The zero-order valence-electron chi connectivity index (χ0n) is 10.4. The number of aliphatic hydroxyl groups is 1. The minimum absolute atomic E-state index is 0.0896. The minimum Gasteiger partial charge on any atom is -0.497 e. The molecule has 0 aromatic heterocycles. The molecule has 0 aliphatic carbocycles. The second-order valence-electron chi connectivity index (χ2n) is 4.95. The highest BCUT2D eigenvalue weighted by Crippen LogP contribution is 2.38. The number of hydrogen-bond acceptors (Lipinski definition) is 4. The molecular weight excluding hydrogens is 222 g/mol. The van der Waals surface area contributed by atoms with Crippen LogP contribution in [0.3, 0.4) is 0 Å². The third-order valence-corrected chi connectivity index (χ3v) is 2.55. The van der Waals surface area contributed by atoms with E-state index >= 15 is 0 Å². The molecule has 5 heteroatoms. The highest BCUT2D eigenvalue weighted by Gasteiger charge is 2.30. The second-order valence-corrected chi connectivity index (χ2v) is 4.95. The Morgan fingerprint density at radius 2 is 2.00 bits per heavy atom. The Balaban J connectivity index is 3.32.